The van der Waals surface area contributed by atoms with Gasteiger partial charge in [-0.3, -0.25) is 23.9 Å². The molecule has 2 aliphatic carbocycles. The van der Waals surface area contributed by atoms with Gasteiger partial charge in [-0.15, -0.1) is 6.58 Å². The molecule has 13 heteroatoms. The molecule has 50 heavy (non-hydrogen) atoms. The zero-order valence-corrected chi connectivity index (χ0v) is 31.6. The van der Waals surface area contributed by atoms with Crippen LogP contribution in [0, 0.1) is 26.2 Å². The molecule has 3 heterocycles. The summed E-state index contributed by atoms with van der Waals surface area (Å²) >= 11 is 2.28. The summed E-state index contributed by atoms with van der Waals surface area (Å²) in [6, 6.07) is 5.01. The number of rotatable bonds is 7. The number of carbonyl (C=O) groups excluding carboxylic acids is 4. The molecule has 1 aromatic heterocycles. The molecule has 2 aromatic rings. The molecule has 2 saturated carbocycles. The van der Waals surface area contributed by atoms with Crippen molar-refractivity contribution in [3.8, 4) is 5.88 Å². The van der Waals surface area contributed by atoms with Crippen LogP contribution in [0.3, 0.4) is 0 Å². The van der Waals surface area contributed by atoms with E-state index in [4.69, 9.17) is 9.47 Å². The minimum absolute atomic E-state index is 0.0613. The largest absolute Gasteiger partial charge is 0.472 e. The second-order valence-electron chi connectivity index (χ2n) is 15.1. The van der Waals surface area contributed by atoms with Crippen LogP contribution in [-0.2, 0) is 33.9 Å². The Hall–Kier alpha value is -3.33. The first-order chi connectivity index (χ1) is 23.6. The number of fused-ring (bicyclic) bond motifs is 3. The number of nitrogens with zero attached hydrogens (tertiary/aromatic N) is 2. The quantitative estimate of drug-likeness (QED) is 0.222. The van der Waals surface area contributed by atoms with E-state index in [1.807, 2.05) is 45.1 Å². The first kappa shape index (κ1) is 36.5. The number of halogens is 1. The van der Waals surface area contributed by atoms with Crippen LogP contribution in [-0.4, -0.2) is 72.4 Å². The molecule has 6 rings (SSSR count). The number of pyridine rings is 1. The van der Waals surface area contributed by atoms with Gasteiger partial charge in [0.15, 0.2) is 5.78 Å². The van der Waals surface area contributed by atoms with Crippen LogP contribution in [0.5, 0.6) is 5.88 Å². The van der Waals surface area contributed by atoms with Crippen LogP contribution in [0.25, 0.3) is 16.8 Å². The monoisotopic (exact) mass is 817 g/mol. The number of ether oxygens (including phenoxy) is 2. The van der Waals surface area contributed by atoms with Crippen molar-refractivity contribution in [2.75, 3.05) is 13.2 Å². The highest BCUT2D eigenvalue weighted by molar-refractivity contribution is 14.1. The fourth-order valence-electron chi connectivity index (χ4n) is 7.12. The number of aromatic nitrogens is 1. The number of sulfonamides is 1. The predicted molar refractivity (Wildman–Crippen MR) is 196 cm³/mol. The number of allylic oxidation sites excluding steroid dienone is 2. The van der Waals surface area contributed by atoms with Gasteiger partial charge in [-0.05, 0) is 89.8 Å². The Balaban J connectivity index is 1.35. The van der Waals surface area contributed by atoms with Gasteiger partial charge in [-0.2, -0.15) is 0 Å². The van der Waals surface area contributed by atoms with E-state index in [0.29, 0.717) is 31.6 Å². The maximum absolute atomic E-state index is 14.5. The number of esters is 1. The van der Waals surface area contributed by atoms with Crippen molar-refractivity contribution < 1.29 is 37.1 Å². The van der Waals surface area contributed by atoms with Crippen LogP contribution in [0.4, 0.5) is 0 Å². The number of hydrogen-bond acceptors (Lipinski definition) is 9. The zero-order chi connectivity index (χ0) is 36.0. The van der Waals surface area contributed by atoms with E-state index in [2.05, 4.69) is 44.9 Å². The van der Waals surface area contributed by atoms with Gasteiger partial charge in [-0.1, -0.05) is 39.0 Å². The van der Waals surface area contributed by atoms with Crippen LogP contribution >= 0.6 is 22.6 Å². The van der Waals surface area contributed by atoms with Crippen molar-refractivity contribution >= 4 is 73.0 Å². The number of hydrogen-bond donors (Lipinski definition) is 1. The third kappa shape index (κ3) is 7.63. The lowest BCUT2D eigenvalue weighted by molar-refractivity contribution is -0.153. The zero-order valence-electron chi connectivity index (χ0n) is 28.7. The smallest absolute Gasteiger partial charge is 0.306 e. The SMILES string of the molecule is C=C[C@@H]1C[C@]1(CC(=O)[C@@H]1C[C@@H]2CN1C(=O)[C@H](C(C)(C)C)CC(=O)OCCC/C=C/c1cc(I)c3ccnc(c3c1)O2)C(=O)NS(=O)(=O)C1CC1. The Morgan fingerprint density at radius 2 is 1.96 bits per heavy atom. The van der Waals surface area contributed by atoms with Crippen molar-refractivity contribution in [3.63, 3.8) is 0 Å². The molecule has 0 radical (unpaired) electrons. The molecule has 0 unspecified atom stereocenters. The van der Waals surface area contributed by atoms with Crippen molar-refractivity contribution in [3.05, 3.63) is 52.3 Å². The molecule has 0 spiro atoms. The first-order valence-corrected chi connectivity index (χ1v) is 19.8. The van der Waals surface area contributed by atoms with E-state index < -0.39 is 56.0 Å². The molecule has 2 amide bonds. The number of ketones is 1. The number of cyclic esters (lactones) is 1. The van der Waals surface area contributed by atoms with Gasteiger partial charge in [0, 0.05) is 33.4 Å². The van der Waals surface area contributed by atoms with Crippen LogP contribution < -0.4 is 9.46 Å². The maximum Gasteiger partial charge on any atom is 0.306 e. The van der Waals surface area contributed by atoms with E-state index in [0.717, 1.165) is 19.9 Å². The van der Waals surface area contributed by atoms with Gasteiger partial charge >= 0.3 is 5.97 Å². The summed E-state index contributed by atoms with van der Waals surface area (Å²) in [6.07, 6.45) is 8.96. The molecule has 1 saturated heterocycles. The first-order valence-electron chi connectivity index (χ1n) is 17.2. The summed E-state index contributed by atoms with van der Waals surface area (Å²) in [7, 11) is -3.84. The highest BCUT2D eigenvalue weighted by Gasteiger charge is 2.61. The Morgan fingerprint density at radius 1 is 1.20 bits per heavy atom. The molecule has 3 fully saturated rings. The fourth-order valence-corrected chi connectivity index (χ4v) is 9.33. The fraction of sp³-hybridized carbons (Fsp3) is 0.541. The number of nitrogens with one attached hydrogen (secondary N) is 1. The molecule has 2 aliphatic heterocycles. The van der Waals surface area contributed by atoms with Gasteiger partial charge in [-0.25, -0.2) is 13.4 Å². The summed E-state index contributed by atoms with van der Waals surface area (Å²) < 4.78 is 40.7. The molecule has 4 aliphatic rings. The van der Waals surface area contributed by atoms with Crippen LogP contribution in [0.15, 0.2) is 43.1 Å². The van der Waals surface area contributed by atoms with Crippen molar-refractivity contribution in [1.82, 2.24) is 14.6 Å². The van der Waals surface area contributed by atoms with Gasteiger partial charge in [0.05, 0.1) is 42.2 Å². The third-order valence-corrected chi connectivity index (χ3v) is 13.1. The molecular formula is C37H44IN3O8S. The summed E-state index contributed by atoms with van der Waals surface area (Å²) in [6.45, 7) is 9.71. The molecular weight excluding hydrogens is 773 g/mol. The standard InChI is InChI=1S/C37H44IN3O8S/c1-5-23-19-37(23,35(45)40-50(46,47)25-10-11-25)20-31(42)30-17-24-21-41(30)34(44)28(36(2,3)4)18-32(43)48-14-8-6-7-9-22-15-27-26(29(38)16-22)12-13-39-33(27)49-24/h5,7,9,12-13,15-16,23-25,28,30H,1,6,8,10-11,14,17-21H2,2-4H3,(H,40,45)/b9-7+/t23-,24-,28-,30+,37-/m1/s1. The number of carbonyl (C=O) groups is 4. The van der Waals surface area contributed by atoms with Gasteiger partial charge in [0.1, 0.15) is 6.10 Å². The van der Waals surface area contributed by atoms with Gasteiger partial charge in [0.2, 0.25) is 27.7 Å². The van der Waals surface area contributed by atoms with Crippen molar-refractivity contribution in [1.29, 1.82) is 0 Å². The normalized spacial score (nSPS) is 28.3. The summed E-state index contributed by atoms with van der Waals surface area (Å²) in [5.41, 5.74) is -0.971. The van der Waals surface area contributed by atoms with Gasteiger partial charge in [0.25, 0.3) is 0 Å². The topological polar surface area (TPSA) is 149 Å². The van der Waals surface area contributed by atoms with E-state index in [1.165, 1.54) is 4.90 Å². The number of benzene rings is 1. The average molecular weight is 818 g/mol. The summed E-state index contributed by atoms with van der Waals surface area (Å²) in [5.74, 6) is -2.75. The summed E-state index contributed by atoms with van der Waals surface area (Å²) in [4.78, 5) is 61.5. The lowest BCUT2D eigenvalue weighted by Gasteiger charge is -2.34. The minimum atomic E-state index is -3.84. The Bertz CT molecular complexity index is 1870. The molecule has 5 atom stereocenters. The molecule has 4 bridgehead atoms. The van der Waals surface area contributed by atoms with E-state index in [-0.39, 0.29) is 56.4 Å². The second-order valence-corrected chi connectivity index (χ2v) is 18.2. The Kier molecular flexibility index (Phi) is 10.2. The average Bonchev–Trinajstić information content (AvgIpc) is 3.97. The van der Waals surface area contributed by atoms with Crippen molar-refractivity contribution in [2.45, 2.75) is 89.5 Å². The van der Waals surface area contributed by atoms with Crippen LogP contribution in [0.2, 0.25) is 0 Å². The minimum Gasteiger partial charge on any atom is -0.472 e. The Labute approximate surface area is 306 Å². The Morgan fingerprint density at radius 3 is 2.64 bits per heavy atom. The van der Waals surface area contributed by atoms with E-state index in [1.54, 1.807) is 12.3 Å². The molecule has 11 nitrogen and oxygen atoms in total. The second kappa shape index (κ2) is 14.0. The molecule has 268 valence electrons. The van der Waals surface area contributed by atoms with E-state index >= 15 is 0 Å². The highest BCUT2D eigenvalue weighted by Crippen LogP contribution is 2.57. The molecule has 1 aromatic carbocycles. The van der Waals surface area contributed by atoms with Gasteiger partial charge < -0.3 is 14.4 Å². The maximum atomic E-state index is 14.5. The third-order valence-electron chi connectivity index (χ3n) is 10.4. The predicted octanol–water partition coefficient (Wildman–Crippen LogP) is 5.35. The lowest BCUT2D eigenvalue weighted by Crippen LogP contribution is -2.48. The van der Waals surface area contributed by atoms with E-state index in [9.17, 15) is 27.6 Å². The number of Topliss-reactive ketones (excluding diaryl/α,β-unsaturated/α-hetero) is 1. The van der Waals surface area contributed by atoms with Crippen molar-refractivity contribution in [2.24, 2.45) is 22.7 Å². The summed E-state index contributed by atoms with van der Waals surface area (Å²) in [5, 5.41) is 1.16. The lowest BCUT2D eigenvalue weighted by atomic mass is 9.77. The highest BCUT2D eigenvalue weighted by atomic mass is 127. The van der Waals surface area contributed by atoms with Crippen LogP contribution in [0.1, 0.15) is 77.7 Å². The number of amides is 2. The molecule has 1 N–H and O–H groups in total.